The van der Waals surface area contributed by atoms with Crippen LogP contribution in [0.5, 0.6) is 5.88 Å². The largest absolute Gasteiger partial charge is 0.477 e. The van der Waals surface area contributed by atoms with E-state index in [9.17, 15) is 9.90 Å². The third-order valence-electron chi connectivity index (χ3n) is 3.75. The number of aliphatic hydroxyl groups is 1. The van der Waals surface area contributed by atoms with Crippen molar-refractivity contribution in [2.45, 2.75) is 38.2 Å². The van der Waals surface area contributed by atoms with Crippen molar-refractivity contribution in [2.24, 2.45) is 0 Å². The summed E-state index contributed by atoms with van der Waals surface area (Å²) in [6.45, 7) is 2.64. The van der Waals surface area contributed by atoms with Crippen LogP contribution in [-0.4, -0.2) is 46.7 Å². The normalized spacial score (nSPS) is 16.8. The highest BCUT2D eigenvalue weighted by molar-refractivity contribution is 6.32. The number of likely N-dealkylation sites (N-methyl/N-ethyl adjacent to an activating group) is 1. The number of pyridine rings is 1. The summed E-state index contributed by atoms with van der Waals surface area (Å²) in [6, 6.07) is 1.55. The number of amides is 1. The monoisotopic (exact) mass is 312 g/mol. The summed E-state index contributed by atoms with van der Waals surface area (Å²) in [7, 11) is 1.68. The zero-order chi connectivity index (χ0) is 15.5. The second-order valence-corrected chi connectivity index (χ2v) is 5.94. The molecule has 6 heteroatoms. The quantitative estimate of drug-likeness (QED) is 0.907. The molecule has 0 atom stereocenters. The Balaban J connectivity index is 2.06. The van der Waals surface area contributed by atoms with E-state index in [0.717, 1.165) is 25.7 Å². The number of rotatable bonds is 5. The molecule has 0 aliphatic heterocycles. The second-order valence-electron chi connectivity index (χ2n) is 5.54. The van der Waals surface area contributed by atoms with E-state index in [1.807, 2.05) is 6.92 Å². The smallest absolute Gasteiger partial charge is 0.255 e. The third-order valence-corrected chi connectivity index (χ3v) is 4.02. The minimum atomic E-state index is -0.757. The molecular weight excluding hydrogens is 292 g/mol. The summed E-state index contributed by atoms with van der Waals surface area (Å²) in [6.07, 6.45) is 4.96. The minimum Gasteiger partial charge on any atom is -0.477 e. The highest BCUT2D eigenvalue weighted by Gasteiger charge is 2.33. The molecular formula is C15H21ClN2O3. The highest BCUT2D eigenvalue weighted by Crippen LogP contribution is 2.30. The molecule has 1 fully saturated rings. The van der Waals surface area contributed by atoms with E-state index in [-0.39, 0.29) is 5.91 Å². The van der Waals surface area contributed by atoms with Crippen molar-refractivity contribution in [1.29, 1.82) is 0 Å². The van der Waals surface area contributed by atoms with Crippen molar-refractivity contribution < 1.29 is 14.6 Å². The molecule has 116 valence electrons. The van der Waals surface area contributed by atoms with Gasteiger partial charge in [0, 0.05) is 19.8 Å². The van der Waals surface area contributed by atoms with Gasteiger partial charge < -0.3 is 14.7 Å². The first-order valence-electron chi connectivity index (χ1n) is 7.21. The number of carbonyl (C=O) groups is 1. The maximum Gasteiger partial charge on any atom is 0.255 e. The van der Waals surface area contributed by atoms with E-state index in [0.29, 0.717) is 29.6 Å². The van der Waals surface area contributed by atoms with Crippen molar-refractivity contribution in [3.05, 3.63) is 22.8 Å². The fourth-order valence-electron chi connectivity index (χ4n) is 2.71. The molecule has 5 nitrogen and oxygen atoms in total. The maximum absolute atomic E-state index is 12.4. The van der Waals surface area contributed by atoms with Gasteiger partial charge in [0.25, 0.3) is 5.91 Å². The molecule has 1 heterocycles. The van der Waals surface area contributed by atoms with Crippen molar-refractivity contribution in [1.82, 2.24) is 9.88 Å². The van der Waals surface area contributed by atoms with E-state index in [1.54, 1.807) is 13.1 Å². The zero-order valence-corrected chi connectivity index (χ0v) is 13.2. The van der Waals surface area contributed by atoms with Crippen molar-refractivity contribution in [2.75, 3.05) is 20.2 Å². The Hall–Kier alpha value is -1.33. The number of hydrogen-bond acceptors (Lipinski definition) is 4. The van der Waals surface area contributed by atoms with Gasteiger partial charge in [-0.1, -0.05) is 24.4 Å². The van der Waals surface area contributed by atoms with Gasteiger partial charge in [0.2, 0.25) is 5.88 Å². The predicted octanol–water partition coefficient (Wildman–Crippen LogP) is 2.51. The molecule has 1 amide bonds. The standard InChI is InChI=1S/C15H21ClN2O3/c1-3-21-13-12(16)8-11(9-17-13)14(19)18(2)10-15(20)6-4-5-7-15/h8-9,20H,3-7,10H2,1-2H3. The first-order valence-corrected chi connectivity index (χ1v) is 7.59. The summed E-state index contributed by atoms with van der Waals surface area (Å²) in [4.78, 5) is 18.0. The number of halogens is 1. The lowest BCUT2D eigenvalue weighted by atomic mass is 10.0. The van der Waals surface area contributed by atoms with Crippen LogP contribution in [-0.2, 0) is 0 Å². The molecule has 0 saturated heterocycles. The first kappa shape index (κ1) is 16.0. The fraction of sp³-hybridized carbons (Fsp3) is 0.600. The molecule has 0 bridgehead atoms. The Morgan fingerprint density at radius 3 is 2.76 bits per heavy atom. The Morgan fingerprint density at radius 1 is 1.52 bits per heavy atom. The first-order chi connectivity index (χ1) is 9.95. The summed E-state index contributed by atoms with van der Waals surface area (Å²) in [5, 5.41) is 10.7. The van der Waals surface area contributed by atoms with Crippen molar-refractivity contribution in [3.8, 4) is 5.88 Å². The Kier molecular flexibility index (Phi) is 5.06. The second kappa shape index (κ2) is 6.62. The summed E-state index contributed by atoms with van der Waals surface area (Å²) in [5.74, 6) is 0.126. The van der Waals surface area contributed by atoms with Gasteiger partial charge in [0.15, 0.2) is 0 Å². The van der Waals surface area contributed by atoms with E-state index in [4.69, 9.17) is 16.3 Å². The van der Waals surface area contributed by atoms with Gasteiger partial charge in [0.1, 0.15) is 5.02 Å². The lowest BCUT2D eigenvalue weighted by Crippen LogP contribution is -2.42. The Morgan fingerprint density at radius 2 is 2.19 bits per heavy atom. The molecule has 0 radical (unpaired) electrons. The van der Waals surface area contributed by atoms with Crippen LogP contribution in [0.3, 0.4) is 0 Å². The predicted molar refractivity (Wildman–Crippen MR) is 80.8 cm³/mol. The van der Waals surface area contributed by atoms with Gasteiger partial charge in [-0.25, -0.2) is 4.98 Å². The van der Waals surface area contributed by atoms with Gasteiger partial charge in [-0.05, 0) is 25.8 Å². The Labute approximate surface area is 129 Å². The molecule has 1 saturated carbocycles. The number of carbonyl (C=O) groups excluding carboxylic acids is 1. The molecule has 1 aliphatic carbocycles. The van der Waals surface area contributed by atoms with Gasteiger partial charge in [-0.2, -0.15) is 0 Å². The van der Waals surface area contributed by atoms with Crippen LogP contribution in [0.4, 0.5) is 0 Å². The van der Waals surface area contributed by atoms with Crippen LogP contribution in [0.1, 0.15) is 43.0 Å². The van der Waals surface area contributed by atoms with Crippen molar-refractivity contribution in [3.63, 3.8) is 0 Å². The van der Waals surface area contributed by atoms with E-state index in [2.05, 4.69) is 4.98 Å². The fourth-order valence-corrected chi connectivity index (χ4v) is 2.93. The molecule has 21 heavy (non-hydrogen) atoms. The van der Waals surface area contributed by atoms with E-state index in [1.165, 1.54) is 11.1 Å². The maximum atomic E-state index is 12.4. The van der Waals surface area contributed by atoms with Gasteiger partial charge in [0.05, 0.1) is 17.8 Å². The molecule has 0 aromatic carbocycles. The van der Waals surface area contributed by atoms with Crippen molar-refractivity contribution >= 4 is 17.5 Å². The number of ether oxygens (including phenoxy) is 1. The molecule has 1 aromatic heterocycles. The number of aromatic nitrogens is 1. The number of hydrogen-bond donors (Lipinski definition) is 1. The molecule has 0 unspecified atom stereocenters. The lowest BCUT2D eigenvalue weighted by molar-refractivity contribution is 0.0156. The van der Waals surface area contributed by atoms with Crippen LogP contribution in [0.15, 0.2) is 12.3 Å². The van der Waals surface area contributed by atoms with Crippen LogP contribution in [0.2, 0.25) is 5.02 Å². The van der Waals surface area contributed by atoms with Gasteiger partial charge in [-0.15, -0.1) is 0 Å². The van der Waals surface area contributed by atoms with Gasteiger partial charge in [-0.3, -0.25) is 4.79 Å². The third kappa shape index (κ3) is 3.86. The van der Waals surface area contributed by atoms with E-state index < -0.39 is 5.60 Å². The Bertz CT molecular complexity index is 516. The molecule has 2 rings (SSSR count). The van der Waals surface area contributed by atoms with Gasteiger partial charge >= 0.3 is 0 Å². The average molecular weight is 313 g/mol. The van der Waals surface area contributed by atoms with E-state index >= 15 is 0 Å². The topological polar surface area (TPSA) is 62.7 Å². The zero-order valence-electron chi connectivity index (χ0n) is 12.4. The molecule has 0 spiro atoms. The lowest BCUT2D eigenvalue weighted by Gasteiger charge is -2.28. The summed E-state index contributed by atoms with van der Waals surface area (Å²) >= 11 is 6.05. The summed E-state index contributed by atoms with van der Waals surface area (Å²) in [5.41, 5.74) is -0.361. The molecule has 1 aliphatic rings. The number of nitrogens with zero attached hydrogens (tertiary/aromatic N) is 2. The molecule has 1 aromatic rings. The minimum absolute atomic E-state index is 0.201. The molecule has 1 N–H and O–H groups in total. The average Bonchev–Trinajstić information content (AvgIpc) is 2.86. The van der Waals surface area contributed by atoms with Crippen LogP contribution < -0.4 is 4.74 Å². The summed E-state index contributed by atoms with van der Waals surface area (Å²) < 4.78 is 5.25. The van der Waals surface area contributed by atoms with Crippen LogP contribution >= 0.6 is 11.6 Å². The SMILES string of the molecule is CCOc1ncc(C(=O)N(C)CC2(O)CCCC2)cc1Cl. The highest BCUT2D eigenvalue weighted by atomic mass is 35.5. The van der Waals surface area contributed by atoms with Crippen LogP contribution in [0.25, 0.3) is 0 Å². The van der Waals surface area contributed by atoms with Crippen LogP contribution in [0, 0.1) is 0 Å².